The second-order valence-electron chi connectivity index (χ2n) is 4.44. The monoisotopic (exact) mass is 287 g/mol. The van der Waals surface area contributed by atoms with Crippen LogP contribution in [0.3, 0.4) is 0 Å². The van der Waals surface area contributed by atoms with Gasteiger partial charge < -0.3 is 10.6 Å². The molecule has 0 aliphatic carbocycles. The van der Waals surface area contributed by atoms with E-state index in [0.717, 1.165) is 6.07 Å². The lowest BCUT2D eigenvalue weighted by atomic mass is 10.1. The van der Waals surface area contributed by atoms with Gasteiger partial charge in [-0.2, -0.15) is 10.4 Å². The number of nitrogens with zero attached hydrogens (tertiary/aromatic N) is 3. The molecule has 1 aromatic carbocycles. The first kappa shape index (κ1) is 14.5. The summed E-state index contributed by atoms with van der Waals surface area (Å²) in [7, 11) is 0. The average molecular weight is 287 g/mol. The molecular formula is C14H14FN5O. The zero-order valence-corrected chi connectivity index (χ0v) is 11.4. The first-order chi connectivity index (χ1) is 10.1. The number of nitrogen functional groups attached to an aromatic ring is 1. The number of hydrogen-bond donors (Lipinski definition) is 2. The molecule has 0 fully saturated rings. The second kappa shape index (κ2) is 6.05. The number of nitrogens with two attached hydrogens (primary N) is 1. The molecule has 6 nitrogen and oxygen atoms in total. The number of rotatable bonds is 4. The Hall–Kier alpha value is -2.88. The van der Waals surface area contributed by atoms with Crippen LogP contribution in [0, 0.1) is 17.1 Å². The van der Waals surface area contributed by atoms with Crippen molar-refractivity contribution in [3.05, 3.63) is 47.0 Å². The number of nitriles is 1. The van der Waals surface area contributed by atoms with Crippen LogP contribution in [-0.2, 0) is 6.54 Å². The Morgan fingerprint density at radius 2 is 2.33 bits per heavy atom. The Bertz CT molecular complexity index is 704. The van der Waals surface area contributed by atoms with Crippen LogP contribution in [0.15, 0.2) is 24.4 Å². The molecule has 0 saturated heterocycles. The van der Waals surface area contributed by atoms with E-state index in [9.17, 15) is 9.18 Å². The average Bonchev–Trinajstić information content (AvgIpc) is 2.91. The molecule has 0 unspecified atom stereocenters. The Morgan fingerprint density at radius 3 is 2.86 bits per heavy atom. The second-order valence-corrected chi connectivity index (χ2v) is 4.44. The molecule has 0 aliphatic rings. The van der Waals surface area contributed by atoms with Gasteiger partial charge in [-0.1, -0.05) is 6.07 Å². The Morgan fingerprint density at radius 1 is 1.57 bits per heavy atom. The van der Waals surface area contributed by atoms with E-state index in [0.29, 0.717) is 12.1 Å². The lowest BCUT2D eigenvalue weighted by molar-refractivity contribution is 0.0746. The molecule has 108 valence electrons. The first-order valence-corrected chi connectivity index (χ1v) is 6.33. The molecule has 1 heterocycles. The summed E-state index contributed by atoms with van der Waals surface area (Å²) in [6, 6.07) is 6.03. The Balaban J connectivity index is 2.22. The summed E-state index contributed by atoms with van der Waals surface area (Å²) in [5.74, 6) is -0.867. The van der Waals surface area contributed by atoms with Crippen molar-refractivity contribution in [3.8, 4) is 6.07 Å². The van der Waals surface area contributed by atoms with Gasteiger partial charge in [0, 0.05) is 18.7 Å². The van der Waals surface area contributed by atoms with Gasteiger partial charge in [-0.05, 0) is 19.1 Å². The van der Waals surface area contributed by atoms with Crippen molar-refractivity contribution < 1.29 is 9.18 Å². The summed E-state index contributed by atoms with van der Waals surface area (Å²) in [4.78, 5) is 13.7. The van der Waals surface area contributed by atoms with Crippen LogP contribution < -0.4 is 5.73 Å². The predicted octanol–water partition coefficient (Wildman–Crippen LogP) is 1.66. The van der Waals surface area contributed by atoms with Crippen molar-refractivity contribution in [2.24, 2.45) is 0 Å². The molecular weight excluding hydrogens is 273 g/mol. The molecule has 0 radical (unpaired) electrons. The number of anilines is 1. The van der Waals surface area contributed by atoms with Crippen molar-refractivity contribution in [1.29, 1.82) is 5.26 Å². The molecule has 3 N–H and O–H groups in total. The van der Waals surface area contributed by atoms with E-state index in [1.54, 1.807) is 6.92 Å². The summed E-state index contributed by atoms with van der Waals surface area (Å²) in [5.41, 5.74) is 6.65. The quantitative estimate of drug-likeness (QED) is 0.893. The number of halogens is 1. The standard InChI is InChI=1S/C14H14FN5O/c1-2-20(14(21)13-12(17)7-18-19-13)8-10-4-3-9(6-16)5-11(10)15/h3-5,7H,2,8,17H2,1H3,(H,18,19). The molecule has 1 amide bonds. The third-order valence-electron chi connectivity index (χ3n) is 3.09. The summed E-state index contributed by atoms with van der Waals surface area (Å²) in [6.45, 7) is 2.26. The van der Waals surface area contributed by atoms with Crippen LogP contribution in [0.5, 0.6) is 0 Å². The Kier molecular flexibility index (Phi) is 4.18. The largest absolute Gasteiger partial charge is 0.396 e. The van der Waals surface area contributed by atoms with Crippen LogP contribution in [-0.4, -0.2) is 27.5 Å². The van der Waals surface area contributed by atoms with E-state index in [4.69, 9.17) is 11.0 Å². The number of hydrogen-bond acceptors (Lipinski definition) is 4. The maximum Gasteiger partial charge on any atom is 0.274 e. The number of carbonyl (C=O) groups excluding carboxylic acids is 1. The molecule has 2 aromatic rings. The number of benzene rings is 1. The van der Waals surface area contributed by atoms with Gasteiger partial charge in [0.15, 0.2) is 0 Å². The van der Waals surface area contributed by atoms with E-state index >= 15 is 0 Å². The smallest absolute Gasteiger partial charge is 0.274 e. The van der Waals surface area contributed by atoms with E-state index in [2.05, 4.69) is 10.2 Å². The number of amides is 1. The van der Waals surface area contributed by atoms with Crippen LogP contribution in [0.4, 0.5) is 10.1 Å². The summed E-state index contributed by atoms with van der Waals surface area (Å²) < 4.78 is 13.9. The normalized spacial score (nSPS) is 10.1. The highest BCUT2D eigenvalue weighted by molar-refractivity contribution is 5.96. The van der Waals surface area contributed by atoms with E-state index in [1.807, 2.05) is 6.07 Å². The van der Waals surface area contributed by atoms with Gasteiger partial charge in [-0.25, -0.2) is 4.39 Å². The van der Waals surface area contributed by atoms with Crippen molar-refractivity contribution in [2.45, 2.75) is 13.5 Å². The minimum absolute atomic E-state index is 0.0886. The minimum atomic E-state index is -0.516. The van der Waals surface area contributed by atoms with Crippen molar-refractivity contribution in [3.63, 3.8) is 0 Å². The fraction of sp³-hybridized carbons (Fsp3) is 0.214. The summed E-state index contributed by atoms with van der Waals surface area (Å²) in [6.07, 6.45) is 1.35. The number of aromatic nitrogens is 2. The topological polar surface area (TPSA) is 98.8 Å². The molecule has 0 saturated carbocycles. The van der Waals surface area contributed by atoms with Crippen molar-refractivity contribution in [2.75, 3.05) is 12.3 Å². The number of H-pyrrole nitrogens is 1. The highest BCUT2D eigenvalue weighted by Gasteiger charge is 2.20. The van der Waals surface area contributed by atoms with Crippen molar-refractivity contribution in [1.82, 2.24) is 15.1 Å². The van der Waals surface area contributed by atoms with E-state index in [-0.39, 0.29) is 29.4 Å². The lowest BCUT2D eigenvalue weighted by Crippen LogP contribution is -2.31. The molecule has 1 aromatic heterocycles. The third kappa shape index (κ3) is 3.00. The highest BCUT2D eigenvalue weighted by atomic mass is 19.1. The van der Waals surface area contributed by atoms with Crippen LogP contribution >= 0.6 is 0 Å². The number of aromatic amines is 1. The Labute approximate surface area is 121 Å². The van der Waals surface area contributed by atoms with Gasteiger partial charge in [-0.3, -0.25) is 9.89 Å². The van der Waals surface area contributed by atoms with Gasteiger partial charge >= 0.3 is 0 Å². The van der Waals surface area contributed by atoms with Gasteiger partial charge in [0.25, 0.3) is 5.91 Å². The van der Waals surface area contributed by atoms with Crippen molar-refractivity contribution >= 4 is 11.6 Å². The molecule has 2 rings (SSSR count). The fourth-order valence-electron chi connectivity index (χ4n) is 1.90. The first-order valence-electron chi connectivity index (χ1n) is 6.33. The number of carbonyl (C=O) groups is 1. The van der Waals surface area contributed by atoms with Crippen LogP contribution in [0.1, 0.15) is 28.5 Å². The zero-order chi connectivity index (χ0) is 15.4. The molecule has 0 bridgehead atoms. The molecule has 7 heteroatoms. The maximum atomic E-state index is 13.9. The van der Waals surface area contributed by atoms with Crippen LogP contribution in [0.25, 0.3) is 0 Å². The third-order valence-corrected chi connectivity index (χ3v) is 3.09. The zero-order valence-electron chi connectivity index (χ0n) is 11.4. The highest BCUT2D eigenvalue weighted by Crippen LogP contribution is 2.16. The summed E-state index contributed by atoms with van der Waals surface area (Å²) >= 11 is 0. The van der Waals surface area contributed by atoms with Gasteiger partial charge in [-0.15, -0.1) is 0 Å². The van der Waals surface area contributed by atoms with Gasteiger partial charge in [0.05, 0.1) is 23.5 Å². The van der Waals surface area contributed by atoms with E-state index < -0.39 is 5.82 Å². The molecule has 21 heavy (non-hydrogen) atoms. The minimum Gasteiger partial charge on any atom is -0.396 e. The molecule has 0 spiro atoms. The number of nitrogens with one attached hydrogen (secondary N) is 1. The maximum absolute atomic E-state index is 13.9. The predicted molar refractivity (Wildman–Crippen MR) is 74.5 cm³/mol. The lowest BCUT2D eigenvalue weighted by Gasteiger charge is -2.20. The van der Waals surface area contributed by atoms with Gasteiger partial charge in [0.1, 0.15) is 11.5 Å². The van der Waals surface area contributed by atoms with E-state index in [1.165, 1.54) is 23.2 Å². The summed E-state index contributed by atoms with van der Waals surface area (Å²) in [5, 5.41) is 15.0. The van der Waals surface area contributed by atoms with Crippen LogP contribution in [0.2, 0.25) is 0 Å². The van der Waals surface area contributed by atoms with Gasteiger partial charge in [0.2, 0.25) is 0 Å². The SMILES string of the molecule is CCN(Cc1ccc(C#N)cc1F)C(=O)c1[nH]ncc1N. The molecule has 0 aliphatic heterocycles. The fourth-order valence-corrected chi connectivity index (χ4v) is 1.90. The molecule has 0 atom stereocenters.